The van der Waals surface area contributed by atoms with E-state index in [1.165, 1.54) is 0 Å². The molecule has 5 heteroatoms. The Balaban J connectivity index is 2.43. The highest BCUT2D eigenvalue weighted by molar-refractivity contribution is 6.31. The molecule has 0 aromatic heterocycles. The zero-order chi connectivity index (χ0) is 13.1. The van der Waals surface area contributed by atoms with Gasteiger partial charge in [0.25, 0.3) is 0 Å². The van der Waals surface area contributed by atoms with Crippen molar-refractivity contribution >= 4 is 28.9 Å². The van der Waals surface area contributed by atoms with Crippen LogP contribution in [0, 0.1) is 0 Å². The molecular formula is C13H15ClN2O2. The lowest BCUT2D eigenvalue weighted by molar-refractivity contribution is -0.118. The van der Waals surface area contributed by atoms with Crippen molar-refractivity contribution in [1.82, 2.24) is 0 Å². The lowest BCUT2D eigenvalue weighted by Gasteiger charge is -2.30. The molecule has 96 valence electrons. The fourth-order valence-corrected chi connectivity index (χ4v) is 2.33. The van der Waals surface area contributed by atoms with Crippen molar-refractivity contribution in [2.75, 3.05) is 11.4 Å². The van der Waals surface area contributed by atoms with E-state index in [4.69, 9.17) is 16.8 Å². The molecule has 0 atom stereocenters. The SMILES string of the molecule is CCCC(=O)N1CC/C(=N/O)c2cc(Cl)ccc21. The van der Waals surface area contributed by atoms with Crippen LogP contribution < -0.4 is 4.90 Å². The molecule has 1 aromatic carbocycles. The minimum atomic E-state index is 0.0954. The first kappa shape index (κ1) is 12.9. The van der Waals surface area contributed by atoms with Crippen LogP contribution in [0.15, 0.2) is 23.4 Å². The van der Waals surface area contributed by atoms with Gasteiger partial charge in [0.15, 0.2) is 0 Å². The number of nitrogens with zero attached hydrogens (tertiary/aromatic N) is 2. The molecule has 0 bridgehead atoms. The Hall–Kier alpha value is -1.55. The molecule has 1 N–H and O–H groups in total. The van der Waals surface area contributed by atoms with Crippen molar-refractivity contribution in [2.24, 2.45) is 5.16 Å². The van der Waals surface area contributed by atoms with Crippen LogP contribution in [0.5, 0.6) is 0 Å². The smallest absolute Gasteiger partial charge is 0.226 e. The molecule has 1 amide bonds. The number of carbonyl (C=O) groups is 1. The molecule has 0 fully saturated rings. The Bertz CT molecular complexity index is 500. The van der Waals surface area contributed by atoms with E-state index in [0.29, 0.717) is 30.1 Å². The van der Waals surface area contributed by atoms with Crippen molar-refractivity contribution in [3.63, 3.8) is 0 Å². The van der Waals surface area contributed by atoms with Gasteiger partial charge in [-0.05, 0) is 24.6 Å². The van der Waals surface area contributed by atoms with Crippen LogP contribution in [-0.2, 0) is 4.79 Å². The van der Waals surface area contributed by atoms with E-state index in [1.54, 1.807) is 23.1 Å². The predicted molar refractivity (Wildman–Crippen MR) is 71.7 cm³/mol. The number of benzene rings is 1. The molecule has 1 heterocycles. The molecule has 1 aliphatic heterocycles. The Kier molecular flexibility index (Phi) is 3.87. The van der Waals surface area contributed by atoms with Crippen LogP contribution in [0.25, 0.3) is 0 Å². The average Bonchev–Trinajstić information content (AvgIpc) is 2.37. The molecule has 0 radical (unpaired) electrons. The van der Waals surface area contributed by atoms with E-state index in [0.717, 1.165) is 17.7 Å². The second kappa shape index (κ2) is 5.40. The summed E-state index contributed by atoms with van der Waals surface area (Å²) < 4.78 is 0. The van der Waals surface area contributed by atoms with Crippen LogP contribution in [0.2, 0.25) is 5.02 Å². The third-order valence-electron chi connectivity index (χ3n) is 3.02. The number of hydrogen-bond acceptors (Lipinski definition) is 3. The number of halogens is 1. The van der Waals surface area contributed by atoms with Gasteiger partial charge < -0.3 is 10.1 Å². The summed E-state index contributed by atoms with van der Waals surface area (Å²) in [6, 6.07) is 5.28. The zero-order valence-electron chi connectivity index (χ0n) is 10.2. The van der Waals surface area contributed by atoms with Gasteiger partial charge in [0.05, 0.1) is 11.4 Å². The van der Waals surface area contributed by atoms with E-state index in [2.05, 4.69) is 5.16 Å². The Morgan fingerprint density at radius 1 is 1.56 bits per heavy atom. The number of anilines is 1. The van der Waals surface area contributed by atoms with E-state index in [9.17, 15) is 4.79 Å². The van der Waals surface area contributed by atoms with Gasteiger partial charge in [-0.3, -0.25) is 4.79 Å². The number of fused-ring (bicyclic) bond motifs is 1. The second-order valence-corrected chi connectivity index (χ2v) is 4.69. The van der Waals surface area contributed by atoms with Gasteiger partial charge in [-0.2, -0.15) is 0 Å². The van der Waals surface area contributed by atoms with Gasteiger partial charge in [-0.15, -0.1) is 0 Å². The number of hydrogen-bond donors (Lipinski definition) is 1. The van der Waals surface area contributed by atoms with Gasteiger partial charge in [0.2, 0.25) is 5.91 Å². The van der Waals surface area contributed by atoms with Gasteiger partial charge in [-0.1, -0.05) is 23.7 Å². The summed E-state index contributed by atoms with van der Waals surface area (Å²) in [5, 5.41) is 12.9. The molecule has 0 aliphatic carbocycles. The maximum absolute atomic E-state index is 12.0. The average molecular weight is 267 g/mol. The second-order valence-electron chi connectivity index (χ2n) is 4.25. The van der Waals surface area contributed by atoms with Crippen LogP contribution in [0.4, 0.5) is 5.69 Å². The molecule has 0 spiro atoms. The van der Waals surface area contributed by atoms with Gasteiger partial charge in [0, 0.05) is 30.0 Å². The number of oxime groups is 1. The summed E-state index contributed by atoms with van der Waals surface area (Å²) in [7, 11) is 0. The van der Waals surface area contributed by atoms with Crippen molar-refractivity contribution in [2.45, 2.75) is 26.2 Å². The molecule has 18 heavy (non-hydrogen) atoms. The first-order chi connectivity index (χ1) is 8.67. The van der Waals surface area contributed by atoms with Crippen molar-refractivity contribution < 1.29 is 10.0 Å². The maximum atomic E-state index is 12.0. The molecule has 1 aliphatic rings. The number of rotatable bonds is 2. The van der Waals surface area contributed by atoms with Gasteiger partial charge in [-0.25, -0.2) is 0 Å². The lowest BCUT2D eigenvalue weighted by Crippen LogP contribution is -2.37. The summed E-state index contributed by atoms with van der Waals surface area (Å²) in [5.41, 5.74) is 2.09. The summed E-state index contributed by atoms with van der Waals surface area (Å²) in [6.45, 7) is 2.53. The van der Waals surface area contributed by atoms with Crippen molar-refractivity contribution in [3.8, 4) is 0 Å². The molecule has 0 saturated carbocycles. The van der Waals surface area contributed by atoms with E-state index >= 15 is 0 Å². The van der Waals surface area contributed by atoms with E-state index < -0.39 is 0 Å². The van der Waals surface area contributed by atoms with Crippen molar-refractivity contribution in [1.29, 1.82) is 0 Å². The van der Waals surface area contributed by atoms with Crippen LogP contribution in [0.3, 0.4) is 0 Å². The Morgan fingerprint density at radius 2 is 2.33 bits per heavy atom. The molecular weight excluding hydrogens is 252 g/mol. The maximum Gasteiger partial charge on any atom is 0.226 e. The lowest BCUT2D eigenvalue weighted by atomic mass is 9.99. The quantitative estimate of drug-likeness (QED) is 0.661. The normalized spacial score (nSPS) is 16.8. The first-order valence-electron chi connectivity index (χ1n) is 5.98. The largest absolute Gasteiger partial charge is 0.411 e. The van der Waals surface area contributed by atoms with Crippen molar-refractivity contribution in [3.05, 3.63) is 28.8 Å². The molecule has 0 unspecified atom stereocenters. The number of carbonyl (C=O) groups excluding carboxylic acids is 1. The summed E-state index contributed by atoms with van der Waals surface area (Å²) in [6.07, 6.45) is 1.88. The number of amides is 1. The van der Waals surface area contributed by atoms with Crippen LogP contribution >= 0.6 is 11.6 Å². The monoisotopic (exact) mass is 266 g/mol. The minimum Gasteiger partial charge on any atom is -0.411 e. The van der Waals surface area contributed by atoms with E-state index in [-0.39, 0.29) is 5.91 Å². The topological polar surface area (TPSA) is 52.9 Å². The predicted octanol–water partition coefficient (Wildman–Crippen LogP) is 3.06. The molecule has 2 rings (SSSR count). The summed E-state index contributed by atoms with van der Waals surface area (Å²) in [4.78, 5) is 13.8. The fourth-order valence-electron chi connectivity index (χ4n) is 2.16. The summed E-state index contributed by atoms with van der Waals surface area (Å²) >= 11 is 5.95. The Morgan fingerprint density at radius 3 is 3.00 bits per heavy atom. The molecule has 4 nitrogen and oxygen atoms in total. The third-order valence-corrected chi connectivity index (χ3v) is 3.25. The fraction of sp³-hybridized carbons (Fsp3) is 0.385. The highest BCUT2D eigenvalue weighted by Gasteiger charge is 2.26. The zero-order valence-corrected chi connectivity index (χ0v) is 10.9. The highest BCUT2D eigenvalue weighted by Crippen LogP contribution is 2.30. The minimum absolute atomic E-state index is 0.0954. The van der Waals surface area contributed by atoms with Crippen LogP contribution in [-0.4, -0.2) is 23.4 Å². The standard InChI is InChI=1S/C13H15ClN2O2/c1-2-3-13(17)16-7-6-11(15-18)10-8-9(14)4-5-12(10)16/h4-5,8,18H,2-3,6-7H2,1H3/b15-11-. The molecule has 1 aromatic rings. The van der Waals surface area contributed by atoms with Gasteiger partial charge in [0.1, 0.15) is 0 Å². The first-order valence-corrected chi connectivity index (χ1v) is 6.36. The molecule has 0 saturated heterocycles. The van der Waals surface area contributed by atoms with E-state index in [1.807, 2.05) is 6.92 Å². The Labute approximate surface area is 111 Å². The van der Waals surface area contributed by atoms with Crippen LogP contribution in [0.1, 0.15) is 31.7 Å². The van der Waals surface area contributed by atoms with Gasteiger partial charge >= 0.3 is 0 Å². The summed E-state index contributed by atoms with van der Waals surface area (Å²) in [5.74, 6) is 0.0954. The third kappa shape index (κ3) is 2.34. The highest BCUT2D eigenvalue weighted by atomic mass is 35.5.